The fourth-order valence-electron chi connectivity index (χ4n) is 2.05. The maximum Gasteiger partial charge on any atom is 0.340 e. The van der Waals surface area contributed by atoms with Gasteiger partial charge in [-0.15, -0.1) is 0 Å². The third-order valence-electron chi connectivity index (χ3n) is 3.15. The van der Waals surface area contributed by atoms with Gasteiger partial charge in [0.15, 0.2) is 6.61 Å². The van der Waals surface area contributed by atoms with Crippen molar-refractivity contribution in [3.05, 3.63) is 62.6 Å². The van der Waals surface area contributed by atoms with Crippen LogP contribution in [-0.4, -0.2) is 18.5 Å². The monoisotopic (exact) mass is 395 g/mol. The van der Waals surface area contributed by atoms with Gasteiger partial charge in [0.2, 0.25) is 0 Å². The van der Waals surface area contributed by atoms with E-state index in [1.807, 2.05) is 26.0 Å². The minimum atomic E-state index is -0.631. The molecule has 0 bridgehead atoms. The van der Waals surface area contributed by atoms with Gasteiger partial charge in [0, 0.05) is 10.2 Å². The zero-order chi connectivity index (χ0) is 17.0. The predicted molar refractivity (Wildman–Crippen MR) is 94.0 cm³/mol. The Bertz CT molecular complexity index is 738. The molecule has 6 heteroatoms. The lowest BCUT2D eigenvalue weighted by Gasteiger charge is -2.10. The van der Waals surface area contributed by atoms with Crippen LogP contribution in [0.4, 0.5) is 5.69 Å². The molecule has 0 saturated carbocycles. The number of hydrogen-bond donors (Lipinski definition) is 1. The second-order valence-electron chi connectivity index (χ2n) is 5.03. The van der Waals surface area contributed by atoms with Gasteiger partial charge in [0.1, 0.15) is 0 Å². The van der Waals surface area contributed by atoms with E-state index in [0.717, 1.165) is 15.6 Å². The van der Waals surface area contributed by atoms with Crippen LogP contribution in [-0.2, 0) is 9.53 Å². The molecule has 0 aliphatic rings. The van der Waals surface area contributed by atoms with Crippen LogP contribution in [0.5, 0.6) is 0 Å². The maximum atomic E-state index is 11.9. The molecule has 0 aliphatic carbocycles. The molecule has 0 fully saturated rings. The number of anilines is 1. The minimum Gasteiger partial charge on any atom is -0.452 e. The number of benzene rings is 2. The topological polar surface area (TPSA) is 55.4 Å². The predicted octanol–water partition coefficient (Wildman–Crippen LogP) is 4.51. The first-order chi connectivity index (χ1) is 10.9. The molecule has 23 heavy (non-hydrogen) atoms. The minimum absolute atomic E-state index is 0.234. The van der Waals surface area contributed by atoms with Crippen molar-refractivity contribution in [2.75, 3.05) is 11.9 Å². The van der Waals surface area contributed by atoms with Crippen molar-refractivity contribution in [3.63, 3.8) is 0 Å². The molecular formula is C17H15BrClNO3. The highest BCUT2D eigenvalue weighted by molar-refractivity contribution is 9.10. The first-order valence-corrected chi connectivity index (χ1v) is 8.04. The van der Waals surface area contributed by atoms with Gasteiger partial charge < -0.3 is 10.1 Å². The lowest BCUT2D eigenvalue weighted by atomic mass is 10.1. The Labute approximate surface area is 147 Å². The standard InChI is InChI=1S/C17H15BrClNO3/c1-10-7-12(8-11(2)16(10)18)20-15(21)9-23-17(22)13-5-3-4-6-14(13)19/h3-8H,9H2,1-2H3,(H,20,21). The molecule has 0 aliphatic heterocycles. The van der Waals surface area contributed by atoms with Gasteiger partial charge in [-0.1, -0.05) is 39.7 Å². The summed E-state index contributed by atoms with van der Waals surface area (Å²) < 4.78 is 5.98. The highest BCUT2D eigenvalue weighted by atomic mass is 79.9. The zero-order valence-corrected chi connectivity index (χ0v) is 15.0. The Morgan fingerprint density at radius 2 is 1.78 bits per heavy atom. The van der Waals surface area contributed by atoms with E-state index in [4.69, 9.17) is 16.3 Å². The average molecular weight is 397 g/mol. The van der Waals surface area contributed by atoms with Crippen LogP contribution in [0.2, 0.25) is 5.02 Å². The summed E-state index contributed by atoms with van der Waals surface area (Å²) in [5, 5.41) is 2.99. The lowest BCUT2D eigenvalue weighted by Crippen LogP contribution is -2.21. The fraction of sp³-hybridized carbons (Fsp3) is 0.176. The number of rotatable bonds is 4. The van der Waals surface area contributed by atoms with Crippen LogP contribution in [0.25, 0.3) is 0 Å². The summed E-state index contributed by atoms with van der Waals surface area (Å²) >= 11 is 9.38. The number of esters is 1. The molecule has 0 spiro atoms. The van der Waals surface area contributed by atoms with E-state index < -0.39 is 11.9 Å². The van der Waals surface area contributed by atoms with Crippen LogP contribution >= 0.6 is 27.5 Å². The molecule has 1 amide bonds. The highest BCUT2D eigenvalue weighted by Crippen LogP contribution is 2.25. The quantitative estimate of drug-likeness (QED) is 0.773. The van der Waals surface area contributed by atoms with Crippen molar-refractivity contribution in [1.82, 2.24) is 0 Å². The Morgan fingerprint density at radius 1 is 1.17 bits per heavy atom. The van der Waals surface area contributed by atoms with Crippen LogP contribution in [0.15, 0.2) is 40.9 Å². The van der Waals surface area contributed by atoms with Crippen molar-refractivity contribution in [2.24, 2.45) is 0 Å². The first-order valence-electron chi connectivity index (χ1n) is 6.86. The first kappa shape index (κ1) is 17.5. The second-order valence-corrected chi connectivity index (χ2v) is 6.23. The molecule has 2 rings (SSSR count). The molecule has 0 atom stereocenters. The van der Waals surface area contributed by atoms with Gasteiger partial charge in [-0.2, -0.15) is 0 Å². The van der Waals surface area contributed by atoms with E-state index in [0.29, 0.717) is 5.69 Å². The fourth-order valence-corrected chi connectivity index (χ4v) is 2.49. The van der Waals surface area contributed by atoms with Gasteiger partial charge in [-0.3, -0.25) is 4.79 Å². The molecule has 2 aromatic rings. The van der Waals surface area contributed by atoms with Gasteiger partial charge >= 0.3 is 5.97 Å². The van der Waals surface area contributed by atoms with Crippen LogP contribution in [0, 0.1) is 13.8 Å². The van der Waals surface area contributed by atoms with Gasteiger partial charge in [0.05, 0.1) is 10.6 Å². The second kappa shape index (κ2) is 7.62. The van der Waals surface area contributed by atoms with Gasteiger partial charge in [-0.25, -0.2) is 4.79 Å². The molecule has 0 unspecified atom stereocenters. The molecular weight excluding hydrogens is 382 g/mol. The summed E-state index contributed by atoms with van der Waals surface area (Å²) in [5.74, 6) is -1.04. The third kappa shape index (κ3) is 4.56. The van der Waals surface area contributed by atoms with E-state index in [2.05, 4.69) is 21.2 Å². The molecule has 120 valence electrons. The smallest absolute Gasteiger partial charge is 0.340 e. The summed E-state index contributed by atoms with van der Waals surface area (Å²) in [6.45, 7) is 3.49. The number of ether oxygens (including phenoxy) is 1. The van der Waals surface area contributed by atoms with Crippen molar-refractivity contribution in [2.45, 2.75) is 13.8 Å². The van der Waals surface area contributed by atoms with Crippen molar-refractivity contribution in [3.8, 4) is 0 Å². The summed E-state index contributed by atoms with van der Waals surface area (Å²) in [4.78, 5) is 23.8. The number of hydrogen-bond acceptors (Lipinski definition) is 3. The largest absolute Gasteiger partial charge is 0.452 e. The van der Waals surface area contributed by atoms with E-state index in [9.17, 15) is 9.59 Å². The molecule has 0 radical (unpaired) electrons. The third-order valence-corrected chi connectivity index (χ3v) is 4.73. The van der Waals surface area contributed by atoms with Crippen molar-refractivity contribution in [1.29, 1.82) is 0 Å². The Hall–Kier alpha value is -1.85. The number of amides is 1. The van der Waals surface area contributed by atoms with Crippen LogP contribution < -0.4 is 5.32 Å². The lowest BCUT2D eigenvalue weighted by molar-refractivity contribution is -0.119. The average Bonchev–Trinajstić information content (AvgIpc) is 2.50. The van der Waals surface area contributed by atoms with E-state index >= 15 is 0 Å². The molecule has 2 aromatic carbocycles. The van der Waals surface area contributed by atoms with E-state index in [-0.39, 0.29) is 17.2 Å². The molecule has 1 N–H and O–H groups in total. The van der Waals surface area contributed by atoms with Gasteiger partial charge in [-0.05, 0) is 49.2 Å². The Balaban J connectivity index is 1.96. The van der Waals surface area contributed by atoms with E-state index in [1.54, 1.807) is 24.3 Å². The zero-order valence-electron chi connectivity index (χ0n) is 12.7. The Morgan fingerprint density at radius 3 is 2.39 bits per heavy atom. The normalized spacial score (nSPS) is 10.3. The highest BCUT2D eigenvalue weighted by Gasteiger charge is 2.13. The molecule has 0 saturated heterocycles. The van der Waals surface area contributed by atoms with Crippen LogP contribution in [0.1, 0.15) is 21.5 Å². The maximum absolute atomic E-state index is 11.9. The molecule has 0 aromatic heterocycles. The summed E-state index contributed by atoms with van der Waals surface area (Å²) in [6, 6.07) is 10.2. The summed E-state index contributed by atoms with van der Waals surface area (Å²) in [7, 11) is 0. The Kier molecular flexibility index (Phi) is 5.80. The molecule has 4 nitrogen and oxygen atoms in total. The SMILES string of the molecule is Cc1cc(NC(=O)COC(=O)c2ccccc2Cl)cc(C)c1Br. The van der Waals surface area contributed by atoms with Crippen molar-refractivity contribution >= 4 is 45.1 Å². The number of nitrogens with one attached hydrogen (secondary N) is 1. The number of carbonyl (C=O) groups excluding carboxylic acids is 2. The van der Waals surface area contributed by atoms with E-state index in [1.165, 1.54) is 0 Å². The van der Waals surface area contributed by atoms with Crippen molar-refractivity contribution < 1.29 is 14.3 Å². The summed E-state index contributed by atoms with van der Waals surface area (Å²) in [6.07, 6.45) is 0. The van der Waals surface area contributed by atoms with Gasteiger partial charge in [0.25, 0.3) is 5.91 Å². The number of aryl methyl sites for hydroxylation is 2. The summed E-state index contributed by atoms with van der Waals surface area (Å²) in [5.41, 5.74) is 2.90. The molecule has 0 heterocycles. The van der Waals surface area contributed by atoms with Crippen LogP contribution in [0.3, 0.4) is 0 Å². The number of halogens is 2. The number of carbonyl (C=O) groups is 2.